The number of pyridine rings is 1. The molecule has 4 nitrogen and oxygen atoms in total. The molecule has 0 bridgehead atoms. The molecule has 1 aromatic heterocycles. The van der Waals surface area contributed by atoms with E-state index in [9.17, 15) is 4.79 Å². The van der Waals surface area contributed by atoms with Crippen LogP contribution in [0.25, 0.3) is 0 Å². The predicted molar refractivity (Wildman–Crippen MR) is 81.9 cm³/mol. The lowest BCUT2D eigenvalue weighted by molar-refractivity contribution is 0.0526. The average Bonchev–Trinajstić information content (AvgIpc) is 2.83. The zero-order valence-electron chi connectivity index (χ0n) is 12.2. The third-order valence-electron chi connectivity index (χ3n) is 3.71. The van der Waals surface area contributed by atoms with Crippen LogP contribution >= 0.6 is 0 Å². The van der Waals surface area contributed by atoms with E-state index in [2.05, 4.69) is 35.0 Å². The maximum Gasteiger partial charge on any atom is 0.339 e. The Morgan fingerprint density at radius 1 is 1.33 bits per heavy atom. The Hall–Kier alpha value is -2.36. The fraction of sp³-hybridized carbons (Fsp3) is 0.294. The smallest absolute Gasteiger partial charge is 0.339 e. The molecule has 0 saturated carbocycles. The minimum absolute atomic E-state index is 0.327. The highest BCUT2D eigenvalue weighted by molar-refractivity contribution is 5.89. The van der Waals surface area contributed by atoms with Crippen molar-refractivity contribution in [1.29, 1.82) is 0 Å². The monoisotopic (exact) mass is 282 g/mol. The number of carbonyl (C=O) groups excluding carboxylic acids is 1. The zero-order chi connectivity index (χ0) is 14.8. The fourth-order valence-electron chi connectivity index (χ4n) is 2.78. The Morgan fingerprint density at radius 2 is 2.14 bits per heavy atom. The van der Waals surface area contributed by atoms with Crippen LogP contribution in [0.4, 0.5) is 11.5 Å². The Bertz CT molecular complexity index is 652. The van der Waals surface area contributed by atoms with Crippen LogP contribution in [-0.2, 0) is 11.2 Å². The van der Waals surface area contributed by atoms with Gasteiger partial charge in [0, 0.05) is 17.9 Å². The molecule has 0 saturated heterocycles. The van der Waals surface area contributed by atoms with Crippen LogP contribution in [0, 0.1) is 0 Å². The molecule has 0 N–H and O–H groups in total. The van der Waals surface area contributed by atoms with Gasteiger partial charge in [-0.15, -0.1) is 0 Å². The highest BCUT2D eigenvalue weighted by Crippen LogP contribution is 2.36. The lowest BCUT2D eigenvalue weighted by Crippen LogP contribution is -2.24. The zero-order valence-corrected chi connectivity index (χ0v) is 12.2. The molecule has 2 aromatic rings. The molecule has 1 unspecified atom stereocenters. The summed E-state index contributed by atoms with van der Waals surface area (Å²) in [7, 11) is 0. The van der Waals surface area contributed by atoms with Crippen LogP contribution in [-0.4, -0.2) is 23.6 Å². The maximum atomic E-state index is 11.7. The summed E-state index contributed by atoms with van der Waals surface area (Å²) in [4.78, 5) is 18.3. The predicted octanol–water partition coefficient (Wildman–Crippen LogP) is 3.34. The standard InChI is InChI=1S/C17H18N2O2/c1-3-21-17(20)14-8-9-16(18-11-14)19-12(2)10-13-6-4-5-7-15(13)19/h4-9,11-12H,3,10H2,1-2H3. The Kier molecular flexibility index (Phi) is 3.60. The van der Waals surface area contributed by atoms with E-state index in [0.29, 0.717) is 18.2 Å². The van der Waals surface area contributed by atoms with E-state index in [1.165, 1.54) is 11.3 Å². The third kappa shape index (κ3) is 2.49. The molecule has 4 heteroatoms. The van der Waals surface area contributed by atoms with Crippen LogP contribution in [0.1, 0.15) is 29.8 Å². The third-order valence-corrected chi connectivity index (χ3v) is 3.71. The number of rotatable bonds is 3. The molecule has 1 aliphatic heterocycles. The van der Waals surface area contributed by atoms with Crippen molar-refractivity contribution >= 4 is 17.5 Å². The van der Waals surface area contributed by atoms with Gasteiger partial charge >= 0.3 is 5.97 Å². The van der Waals surface area contributed by atoms with Crippen molar-refractivity contribution in [2.75, 3.05) is 11.5 Å². The summed E-state index contributed by atoms with van der Waals surface area (Å²) >= 11 is 0. The Labute approximate surface area is 124 Å². The Balaban J connectivity index is 1.89. The van der Waals surface area contributed by atoms with Gasteiger partial charge in [-0.05, 0) is 44.0 Å². The van der Waals surface area contributed by atoms with E-state index in [1.54, 1.807) is 19.2 Å². The molecule has 3 rings (SSSR count). The molecule has 1 atom stereocenters. The molecule has 21 heavy (non-hydrogen) atoms. The molecule has 0 amide bonds. The first-order valence-corrected chi connectivity index (χ1v) is 7.21. The second-order valence-corrected chi connectivity index (χ2v) is 5.18. The van der Waals surface area contributed by atoms with E-state index < -0.39 is 0 Å². The second kappa shape index (κ2) is 5.56. The number of benzene rings is 1. The van der Waals surface area contributed by atoms with Gasteiger partial charge < -0.3 is 9.64 Å². The lowest BCUT2D eigenvalue weighted by atomic mass is 10.1. The first-order chi connectivity index (χ1) is 10.2. The van der Waals surface area contributed by atoms with Crippen molar-refractivity contribution in [3.8, 4) is 0 Å². The topological polar surface area (TPSA) is 42.4 Å². The summed E-state index contributed by atoms with van der Waals surface area (Å²) in [5.74, 6) is 0.534. The van der Waals surface area contributed by atoms with Gasteiger partial charge in [-0.1, -0.05) is 18.2 Å². The number of nitrogens with zero attached hydrogens (tertiary/aromatic N) is 2. The molecule has 0 radical (unpaired) electrons. The van der Waals surface area contributed by atoms with Crippen LogP contribution in [0.3, 0.4) is 0 Å². The molecule has 108 valence electrons. The molecule has 2 heterocycles. The average molecular weight is 282 g/mol. The minimum atomic E-state index is -0.327. The molecular formula is C17H18N2O2. The summed E-state index contributed by atoms with van der Waals surface area (Å²) < 4.78 is 4.98. The molecule has 0 spiro atoms. The van der Waals surface area contributed by atoms with Gasteiger partial charge in [0.25, 0.3) is 0 Å². The van der Waals surface area contributed by atoms with Crippen molar-refractivity contribution < 1.29 is 9.53 Å². The molecule has 0 fully saturated rings. The number of para-hydroxylation sites is 1. The first kappa shape index (κ1) is 13.6. The largest absolute Gasteiger partial charge is 0.462 e. The van der Waals surface area contributed by atoms with E-state index in [1.807, 2.05) is 12.1 Å². The number of carbonyl (C=O) groups is 1. The van der Waals surface area contributed by atoms with Gasteiger partial charge in [0.2, 0.25) is 0 Å². The van der Waals surface area contributed by atoms with Crippen LogP contribution < -0.4 is 4.90 Å². The molecule has 0 aliphatic carbocycles. The molecular weight excluding hydrogens is 264 g/mol. The minimum Gasteiger partial charge on any atom is -0.462 e. The van der Waals surface area contributed by atoms with E-state index in [-0.39, 0.29) is 5.97 Å². The first-order valence-electron chi connectivity index (χ1n) is 7.21. The molecule has 1 aliphatic rings. The van der Waals surface area contributed by atoms with E-state index in [0.717, 1.165) is 12.2 Å². The lowest BCUT2D eigenvalue weighted by Gasteiger charge is -2.23. The van der Waals surface area contributed by atoms with Crippen LogP contribution in [0.15, 0.2) is 42.6 Å². The number of fused-ring (bicyclic) bond motifs is 1. The van der Waals surface area contributed by atoms with Crippen LogP contribution in [0.5, 0.6) is 0 Å². The highest BCUT2D eigenvalue weighted by Gasteiger charge is 2.27. The van der Waals surface area contributed by atoms with Crippen molar-refractivity contribution in [3.05, 3.63) is 53.7 Å². The van der Waals surface area contributed by atoms with Gasteiger partial charge in [-0.3, -0.25) is 0 Å². The number of anilines is 2. The van der Waals surface area contributed by atoms with Crippen LogP contribution in [0.2, 0.25) is 0 Å². The van der Waals surface area contributed by atoms with Gasteiger partial charge in [0.05, 0.1) is 12.2 Å². The van der Waals surface area contributed by atoms with Crippen molar-refractivity contribution in [3.63, 3.8) is 0 Å². The number of ether oxygens (including phenoxy) is 1. The quantitative estimate of drug-likeness (QED) is 0.810. The normalized spacial score (nSPS) is 16.7. The van der Waals surface area contributed by atoms with Gasteiger partial charge in [0.1, 0.15) is 5.82 Å². The number of esters is 1. The number of hydrogen-bond donors (Lipinski definition) is 0. The summed E-state index contributed by atoms with van der Waals surface area (Å²) in [6, 6.07) is 12.4. The van der Waals surface area contributed by atoms with Gasteiger partial charge in [-0.25, -0.2) is 9.78 Å². The van der Waals surface area contributed by atoms with Crippen molar-refractivity contribution in [1.82, 2.24) is 4.98 Å². The van der Waals surface area contributed by atoms with Gasteiger partial charge in [-0.2, -0.15) is 0 Å². The van der Waals surface area contributed by atoms with Crippen molar-refractivity contribution in [2.45, 2.75) is 26.3 Å². The fourth-order valence-corrected chi connectivity index (χ4v) is 2.78. The summed E-state index contributed by atoms with van der Waals surface area (Å²) in [6.07, 6.45) is 2.60. The molecule has 1 aromatic carbocycles. The summed E-state index contributed by atoms with van der Waals surface area (Å²) in [6.45, 7) is 4.35. The van der Waals surface area contributed by atoms with E-state index >= 15 is 0 Å². The second-order valence-electron chi connectivity index (χ2n) is 5.18. The summed E-state index contributed by atoms with van der Waals surface area (Å²) in [5, 5.41) is 0. The number of hydrogen-bond acceptors (Lipinski definition) is 4. The number of aromatic nitrogens is 1. The Morgan fingerprint density at radius 3 is 2.86 bits per heavy atom. The van der Waals surface area contributed by atoms with E-state index in [4.69, 9.17) is 4.74 Å². The summed E-state index contributed by atoms with van der Waals surface area (Å²) in [5.41, 5.74) is 3.02. The highest BCUT2D eigenvalue weighted by atomic mass is 16.5. The SMILES string of the molecule is CCOC(=O)c1ccc(N2c3ccccc3CC2C)nc1. The van der Waals surface area contributed by atoms with Gasteiger partial charge in [0.15, 0.2) is 0 Å². The van der Waals surface area contributed by atoms with Crippen molar-refractivity contribution in [2.24, 2.45) is 0 Å². The maximum absolute atomic E-state index is 11.7.